The summed E-state index contributed by atoms with van der Waals surface area (Å²) in [6.07, 6.45) is 6.27. The average Bonchev–Trinajstić information content (AvgIpc) is 3.04. The van der Waals surface area contributed by atoms with Gasteiger partial charge < -0.3 is 10.0 Å². The number of allylic oxidation sites excluding steroid dienone is 2. The molecule has 1 N–H and O–H groups in total. The molecule has 0 saturated heterocycles. The number of thiazole rings is 1. The average molecular weight is 358 g/mol. The highest BCUT2D eigenvalue weighted by atomic mass is 32.1. The van der Waals surface area contributed by atoms with Crippen LogP contribution in [-0.2, 0) is 9.59 Å². The van der Waals surface area contributed by atoms with Crippen molar-refractivity contribution in [3.05, 3.63) is 41.4 Å². The molecule has 1 aliphatic rings. The molecular formula is C19H22N2O3S. The molecule has 0 spiro atoms. The van der Waals surface area contributed by atoms with Crippen LogP contribution in [0.5, 0.6) is 0 Å². The highest BCUT2D eigenvalue weighted by molar-refractivity contribution is 7.18. The van der Waals surface area contributed by atoms with Gasteiger partial charge in [-0.1, -0.05) is 31.2 Å². The second kappa shape index (κ2) is 7.78. The van der Waals surface area contributed by atoms with E-state index in [0.717, 1.165) is 28.1 Å². The molecule has 0 radical (unpaired) electrons. The molecule has 0 bridgehead atoms. The van der Waals surface area contributed by atoms with E-state index < -0.39 is 5.97 Å². The van der Waals surface area contributed by atoms with E-state index in [9.17, 15) is 9.59 Å². The van der Waals surface area contributed by atoms with Gasteiger partial charge in [0.15, 0.2) is 0 Å². The van der Waals surface area contributed by atoms with Gasteiger partial charge in [-0.25, -0.2) is 4.98 Å². The van der Waals surface area contributed by atoms with Crippen molar-refractivity contribution in [2.24, 2.45) is 5.92 Å². The zero-order valence-corrected chi connectivity index (χ0v) is 15.0. The molecule has 25 heavy (non-hydrogen) atoms. The van der Waals surface area contributed by atoms with Gasteiger partial charge in [0.1, 0.15) is 6.54 Å². The summed E-state index contributed by atoms with van der Waals surface area (Å²) in [6.45, 7) is 2.19. The molecule has 1 aliphatic carbocycles. The first-order valence-corrected chi connectivity index (χ1v) is 9.42. The molecule has 132 valence electrons. The number of rotatable bonds is 6. The lowest BCUT2D eigenvalue weighted by Crippen LogP contribution is -2.42. The van der Waals surface area contributed by atoms with Gasteiger partial charge in [0, 0.05) is 12.5 Å². The van der Waals surface area contributed by atoms with Crippen LogP contribution in [0.1, 0.15) is 37.1 Å². The van der Waals surface area contributed by atoms with Crippen LogP contribution in [0.2, 0.25) is 0 Å². The van der Waals surface area contributed by atoms with Gasteiger partial charge in [-0.05, 0) is 31.4 Å². The lowest BCUT2D eigenvalue weighted by Gasteiger charge is -2.31. The predicted octanol–water partition coefficient (Wildman–Crippen LogP) is 3.67. The smallest absolute Gasteiger partial charge is 0.323 e. The Balaban J connectivity index is 1.88. The van der Waals surface area contributed by atoms with Crippen molar-refractivity contribution in [1.82, 2.24) is 9.88 Å². The lowest BCUT2D eigenvalue weighted by molar-refractivity contribution is -0.146. The largest absolute Gasteiger partial charge is 0.480 e. The Hall–Kier alpha value is -2.21. The van der Waals surface area contributed by atoms with Gasteiger partial charge in [-0.2, -0.15) is 0 Å². The van der Waals surface area contributed by atoms with E-state index in [2.05, 4.69) is 6.08 Å². The van der Waals surface area contributed by atoms with Gasteiger partial charge in [-0.3, -0.25) is 9.59 Å². The summed E-state index contributed by atoms with van der Waals surface area (Å²) in [7, 11) is 0. The predicted molar refractivity (Wildman–Crippen MR) is 98.7 cm³/mol. The van der Waals surface area contributed by atoms with E-state index in [1.54, 1.807) is 11.3 Å². The first-order chi connectivity index (χ1) is 12.1. The van der Waals surface area contributed by atoms with Gasteiger partial charge in [0.2, 0.25) is 5.91 Å². The molecule has 2 aromatic rings. The van der Waals surface area contributed by atoms with Crippen molar-refractivity contribution in [2.75, 3.05) is 13.1 Å². The minimum absolute atomic E-state index is 0.0167. The number of carboxylic acid groups (broad SMARTS) is 1. The highest BCUT2D eigenvalue weighted by Gasteiger charge is 2.35. The number of carboxylic acids is 1. The monoisotopic (exact) mass is 358 g/mol. The number of aliphatic carboxylic acids is 1. The summed E-state index contributed by atoms with van der Waals surface area (Å²) in [5.41, 5.74) is 0.958. The third kappa shape index (κ3) is 3.90. The fourth-order valence-electron chi connectivity index (χ4n) is 3.34. The molecule has 1 aromatic carbocycles. The van der Waals surface area contributed by atoms with E-state index in [4.69, 9.17) is 10.1 Å². The quantitative estimate of drug-likeness (QED) is 0.800. The molecule has 0 saturated carbocycles. The molecule has 0 fully saturated rings. The van der Waals surface area contributed by atoms with E-state index >= 15 is 0 Å². The summed E-state index contributed by atoms with van der Waals surface area (Å²) >= 11 is 1.63. The van der Waals surface area contributed by atoms with Crippen molar-refractivity contribution >= 4 is 33.4 Å². The molecule has 1 aromatic heterocycles. The number of amides is 1. The van der Waals surface area contributed by atoms with Crippen molar-refractivity contribution < 1.29 is 14.7 Å². The zero-order valence-electron chi connectivity index (χ0n) is 14.2. The Morgan fingerprint density at radius 3 is 2.76 bits per heavy atom. The third-order valence-electron chi connectivity index (χ3n) is 4.51. The maximum absolute atomic E-state index is 13.0. The molecule has 1 heterocycles. The van der Waals surface area contributed by atoms with Crippen molar-refractivity contribution in [1.29, 1.82) is 0 Å². The van der Waals surface area contributed by atoms with Crippen molar-refractivity contribution in [3.63, 3.8) is 0 Å². The SMILES string of the molecule is CCCN(CC(=O)O)C(=O)C1CC=CCC1c1nc2ccccc2s1. The van der Waals surface area contributed by atoms with Crippen LogP contribution in [0.3, 0.4) is 0 Å². The van der Waals surface area contributed by atoms with Crippen molar-refractivity contribution in [2.45, 2.75) is 32.1 Å². The number of fused-ring (bicyclic) bond motifs is 1. The number of carbonyl (C=O) groups is 2. The fraction of sp³-hybridized carbons (Fsp3) is 0.421. The summed E-state index contributed by atoms with van der Waals surface area (Å²) in [5, 5.41) is 10.1. The number of carbonyl (C=O) groups excluding carboxylic acids is 1. The Kier molecular flexibility index (Phi) is 5.48. The number of aromatic nitrogens is 1. The van der Waals surface area contributed by atoms with Gasteiger partial charge in [-0.15, -0.1) is 11.3 Å². The first kappa shape index (κ1) is 17.6. The number of hydrogen-bond donors (Lipinski definition) is 1. The molecule has 6 heteroatoms. The first-order valence-electron chi connectivity index (χ1n) is 8.61. The van der Waals surface area contributed by atoms with Crippen LogP contribution in [0.15, 0.2) is 36.4 Å². The standard InChI is InChI=1S/C19H22N2O3S/c1-2-11-21(12-17(22)23)19(24)14-8-4-3-7-13(14)18-20-15-9-5-6-10-16(15)25-18/h3-6,9-10,13-14H,2,7-8,11-12H2,1H3,(H,22,23). The zero-order chi connectivity index (χ0) is 17.8. The summed E-state index contributed by atoms with van der Waals surface area (Å²) < 4.78 is 1.12. The lowest BCUT2D eigenvalue weighted by atomic mass is 9.82. The normalized spacial score (nSPS) is 19.9. The van der Waals surface area contributed by atoms with Crippen LogP contribution < -0.4 is 0 Å². The van der Waals surface area contributed by atoms with E-state index in [-0.39, 0.29) is 24.3 Å². The Morgan fingerprint density at radius 1 is 1.28 bits per heavy atom. The highest BCUT2D eigenvalue weighted by Crippen LogP contribution is 2.39. The Morgan fingerprint density at radius 2 is 2.04 bits per heavy atom. The van der Waals surface area contributed by atoms with Gasteiger partial charge in [0.05, 0.1) is 21.1 Å². The second-order valence-corrected chi connectivity index (χ2v) is 7.39. The van der Waals surface area contributed by atoms with Gasteiger partial charge >= 0.3 is 5.97 Å². The molecule has 2 atom stereocenters. The number of nitrogens with zero attached hydrogens (tertiary/aromatic N) is 2. The van der Waals surface area contributed by atoms with Crippen LogP contribution in [0.4, 0.5) is 0 Å². The topological polar surface area (TPSA) is 70.5 Å². The van der Waals surface area contributed by atoms with Crippen LogP contribution in [0, 0.1) is 5.92 Å². The van der Waals surface area contributed by atoms with Crippen LogP contribution in [0.25, 0.3) is 10.2 Å². The third-order valence-corrected chi connectivity index (χ3v) is 5.68. The molecule has 0 aliphatic heterocycles. The van der Waals surface area contributed by atoms with Gasteiger partial charge in [0.25, 0.3) is 0 Å². The molecule has 1 amide bonds. The van der Waals surface area contributed by atoms with Crippen LogP contribution in [-0.4, -0.2) is 40.0 Å². The molecule has 5 nitrogen and oxygen atoms in total. The van der Waals surface area contributed by atoms with E-state index in [0.29, 0.717) is 13.0 Å². The number of para-hydroxylation sites is 1. The molecule has 3 rings (SSSR count). The van der Waals surface area contributed by atoms with E-state index in [1.807, 2.05) is 37.3 Å². The summed E-state index contributed by atoms with van der Waals surface area (Å²) in [6, 6.07) is 7.98. The second-order valence-electron chi connectivity index (χ2n) is 6.33. The fourth-order valence-corrected chi connectivity index (χ4v) is 4.49. The Bertz CT molecular complexity index is 766. The number of hydrogen-bond acceptors (Lipinski definition) is 4. The maximum Gasteiger partial charge on any atom is 0.323 e. The maximum atomic E-state index is 13.0. The van der Waals surface area contributed by atoms with Crippen molar-refractivity contribution in [3.8, 4) is 0 Å². The minimum Gasteiger partial charge on any atom is -0.480 e. The summed E-state index contributed by atoms with van der Waals surface area (Å²) in [4.78, 5) is 30.4. The number of benzene rings is 1. The Labute approximate surface area is 151 Å². The van der Waals surface area contributed by atoms with E-state index in [1.165, 1.54) is 4.90 Å². The minimum atomic E-state index is -0.968. The molecular weight excluding hydrogens is 336 g/mol. The molecule has 2 unspecified atom stereocenters. The summed E-state index contributed by atoms with van der Waals surface area (Å²) in [5.74, 6) is -1.26. The van der Waals surface area contributed by atoms with Crippen LogP contribution >= 0.6 is 11.3 Å².